The lowest BCUT2D eigenvalue weighted by molar-refractivity contribution is 0.102. The van der Waals surface area contributed by atoms with Gasteiger partial charge in [-0.15, -0.1) is 11.3 Å². The number of nitrogens with zero attached hydrogens (tertiary/aromatic N) is 1. The lowest BCUT2D eigenvalue weighted by atomic mass is 10.1. The van der Waals surface area contributed by atoms with Crippen molar-refractivity contribution in [3.63, 3.8) is 0 Å². The monoisotopic (exact) mass is 420 g/mol. The number of methoxy groups -OCH3 is 3. The molecule has 0 radical (unpaired) electrons. The van der Waals surface area contributed by atoms with E-state index in [4.69, 9.17) is 14.2 Å². The molecule has 0 bridgehead atoms. The van der Waals surface area contributed by atoms with Gasteiger partial charge in [0, 0.05) is 29.1 Å². The first-order chi connectivity index (χ1) is 13.9. The van der Waals surface area contributed by atoms with E-state index in [1.807, 2.05) is 0 Å². The zero-order valence-corrected chi connectivity index (χ0v) is 16.7. The molecule has 0 fully saturated rings. The fourth-order valence-electron chi connectivity index (χ4n) is 2.68. The van der Waals surface area contributed by atoms with E-state index < -0.39 is 17.5 Å². The second-order valence-electron chi connectivity index (χ2n) is 5.91. The molecule has 2 aromatic carbocycles. The summed E-state index contributed by atoms with van der Waals surface area (Å²) in [5, 5.41) is 3.04. The largest absolute Gasteiger partial charge is 0.493 e. The number of ether oxygens (including phenoxy) is 3. The van der Waals surface area contributed by atoms with Crippen LogP contribution in [-0.4, -0.2) is 32.2 Å². The summed E-state index contributed by atoms with van der Waals surface area (Å²) >= 11 is 1.20. The average Bonchev–Trinajstić information content (AvgIpc) is 3.15. The van der Waals surface area contributed by atoms with Gasteiger partial charge in [0.25, 0.3) is 5.91 Å². The second-order valence-corrected chi connectivity index (χ2v) is 7.03. The molecule has 0 unspecified atom stereocenters. The molecular formula is C20H18F2N2O4S. The maximum Gasteiger partial charge on any atom is 0.257 e. The van der Waals surface area contributed by atoms with Gasteiger partial charge in [-0.05, 0) is 23.8 Å². The van der Waals surface area contributed by atoms with Crippen molar-refractivity contribution in [2.45, 2.75) is 6.42 Å². The quantitative estimate of drug-likeness (QED) is 0.618. The second kappa shape index (κ2) is 8.87. The summed E-state index contributed by atoms with van der Waals surface area (Å²) in [6.45, 7) is 0. The predicted molar refractivity (Wildman–Crippen MR) is 105 cm³/mol. The molecular weight excluding hydrogens is 402 g/mol. The maximum absolute atomic E-state index is 13.8. The lowest BCUT2D eigenvalue weighted by Crippen LogP contribution is -2.12. The zero-order valence-electron chi connectivity index (χ0n) is 15.9. The van der Waals surface area contributed by atoms with Gasteiger partial charge in [-0.1, -0.05) is 6.07 Å². The number of rotatable bonds is 7. The number of nitrogens with one attached hydrogen (secondary N) is 1. The number of hydrogen-bond donors (Lipinski definition) is 1. The number of amides is 1. The smallest absolute Gasteiger partial charge is 0.257 e. The third-order valence-electron chi connectivity index (χ3n) is 4.08. The van der Waals surface area contributed by atoms with E-state index >= 15 is 0 Å². The van der Waals surface area contributed by atoms with Crippen LogP contribution >= 0.6 is 11.3 Å². The Kier molecular flexibility index (Phi) is 6.28. The molecule has 1 amide bonds. The maximum atomic E-state index is 13.8. The molecule has 0 aliphatic carbocycles. The Morgan fingerprint density at radius 1 is 1.07 bits per heavy atom. The standard InChI is InChI=1S/C20H18F2N2O4S/c1-26-16-7-12(8-17(27-2)18(16)28-3)19(25)24-20-23-10-14(29-20)6-11-4-5-13(21)9-15(11)22/h4-5,7-10H,6H2,1-3H3,(H,23,24,25). The highest BCUT2D eigenvalue weighted by atomic mass is 32.1. The molecule has 0 atom stereocenters. The van der Waals surface area contributed by atoms with Gasteiger partial charge in [-0.3, -0.25) is 10.1 Å². The molecule has 1 heterocycles. The first-order valence-electron chi connectivity index (χ1n) is 8.45. The molecule has 3 aromatic rings. The Hall–Kier alpha value is -3.20. The Balaban J connectivity index is 1.76. The number of aromatic nitrogens is 1. The van der Waals surface area contributed by atoms with Gasteiger partial charge >= 0.3 is 0 Å². The molecule has 0 aliphatic rings. The third-order valence-corrected chi connectivity index (χ3v) is 4.99. The summed E-state index contributed by atoms with van der Waals surface area (Å²) in [6.07, 6.45) is 1.78. The van der Waals surface area contributed by atoms with E-state index in [1.165, 1.54) is 63.1 Å². The van der Waals surface area contributed by atoms with Crippen LogP contribution in [0.15, 0.2) is 36.5 Å². The van der Waals surface area contributed by atoms with Gasteiger partial charge in [-0.2, -0.15) is 0 Å². The highest BCUT2D eigenvalue weighted by molar-refractivity contribution is 7.15. The minimum Gasteiger partial charge on any atom is -0.493 e. The molecule has 0 saturated carbocycles. The fourth-order valence-corrected chi connectivity index (χ4v) is 3.51. The van der Waals surface area contributed by atoms with E-state index in [1.54, 1.807) is 0 Å². The number of halogens is 2. The zero-order chi connectivity index (χ0) is 21.0. The highest BCUT2D eigenvalue weighted by Gasteiger charge is 2.18. The van der Waals surface area contributed by atoms with Crippen molar-refractivity contribution in [3.8, 4) is 17.2 Å². The third kappa shape index (κ3) is 4.62. The molecule has 3 rings (SSSR count). The number of hydrogen-bond acceptors (Lipinski definition) is 6. The topological polar surface area (TPSA) is 69.7 Å². The van der Waals surface area contributed by atoms with Gasteiger partial charge in [-0.25, -0.2) is 13.8 Å². The normalized spacial score (nSPS) is 10.5. The predicted octanol–water partition coefficient (Wildman–Crippen LogP) is 4.29. The van der Waals surface area contributed by atoms with E-state index in [0.717, 1.165) is 10.9 Å². The molecule has 1 aromatic heterocycles. The van der Waals surface area contributed by atoms with Crippen LogP contribution in [0.5, 0.6) is 17.2 Å². The van der Waals surface area contributed by atoms with Crippen LogP contribution in [0.25, 0.3) is 0 Å². The summed E-state index contributed by atoms with van der Waals surface area (Å²) in [5.41, 5.74) is 0.637. The Labute approximate surface area is 170 Å². The summed E-state index contributed by atoms with van der Waals surface area (Å²) < 4.78 is 42.6. The van der Waals surface area contributed by atoms with Crippen LogP contribution in [0, 0.1) is 11.6 Å². The van der Waals surface area contributed by atoms with Crippen molar-refractivity contribution in [3.05, 3.63) is 64.2 Å². The number of benzene rings is 2. The Morgan fingerprint density at radius 3 is 2.34 bits per heavy atom. The molecule has 9 heteroatoms. The van der Waals surface area contributed by atoms with Crippen LogP contribution in [-0.2, 0) is 6.42 Å². The summed E-state index contributed by atoms with van der Waals surface area (Å²) in [5.74, 6) is -0.593. The van der Waals surface area contributed by atoms with E-state index in [0.29, 0.717) is 33.5 Å². The SMILES string of the molecule is COc1cc(C(=O)Nc2ncc(Cc3ccc(F)cc3F)s2)cc(OC)c1OC. The van der Waals surface area contributed by atoms with Crippen molar-refractivity contribution in [1.29, 1.82) is 0 Å². The average molecular weight is 420 g/mol. The van der Waals surface area contributed by atoms with E-state index in [2.05, 4.69) is 10.3 Å². The molecule has 0 spiro atoms. The molecule has 1 N–H and O–H groups in total. The Bertz CT molecular complexity index is 1010. The molecule has 29 heavy (non-hydrogen) atoms. The van der Waals surface area contributed by atoms with Gasteiger partial charge in [0.15, 0.2) is 16.6 Å². The van der Waals surface area contributed by atoms with Crippen molar-refractivity contribution < 1.29 is 27.8 Å². The van der Waals surface area contributed by atoms with E-state index in [9.17, 15) is 13.6 Å². The number of anilines is 1. The van der Waals surface area contributed by atoms with Gasteiger partial charge in [0.1, 0.15) is 11.6 Å². The van der Waals surface area contributed by atoms with Crippen molar-refractivity contribution in [2.24, 2.45) is 0 Å². The van der Waals surface area contributed by atoms with Gasteiger partial charge in [0.2, 0.25) is 5.75 Å². The summed E-state index contributed by atoms with van der Waals surface area (Å²) in [7, 11) is 4.39. The van der Waals surface area contributed by atoms with Crippen LogP contribution in [0.4, 0.5) is 13.9 Å². The number of carbonyl (C=O) groups excluding carboxylic acids is 1. The minimum absolute atomic E-state index is 0.240. The molecule has 152 valence electrons. The van der Waals surface area contributed by atoms with Crippen molar-refractivity contribution in [2.75, 3.05) is 26.6 Å². The first-order valence-corrected chi connectivity index (χ1v) is 9.26. The van der Waals surface area contributed by atoms with Gasteiger partial charge < -0.3 is 14.2 Å². The first kappa shape index (κ1) is 20.5. The van der Waals surface area contributed by atoms with Crippen LogP contribution in [0.3, 0.4) is 0 Å². The van der Waals surface area contributed by atoms with E-state index in [-0.39, 0.29) is 6.42 Å². The summed E-state index contributed by atoms with van der Waals surface area (Å²) in [4.78, 5) is 17.5. The number of thiazole rings is 1. The van der Waals surface area contributed by atoms with Crippen LogP contribution < -0.4 is 19.5 Å². The highest BCUT2D eigenvalue weighted by Crippen LogP contribution is 2.38. The number of carbonyl (C=O) groups is 1. The Morgan fingerprint density at radius 2 is 1.76 bits per heavy atom. The van der Waals surface area contributed by atoms with Crippen LogP contribution in [0.2, 0.25) is 0 Å². The lowest BCUT2D eigenvalue weighted by Gasteiger charge is -2.13. The molecule has 6 nitrogen and oxygen atoms in total. The van der Waals surface area contributed by atoms with Crippen LogP contribution in [0.1, 0.15) is 20.8 Å². The molecule has 0 saturated heterocycles. The minimum atomic E-state index is -0.631. The fraction of sp³-hybridized carbons (Fsp3) is 0.200. The van der Waals surface area contributed by atoms with Crippen molar-refractivity contribution in [1.82, 2.24) is 4.98 Å². The van der Waals surface area contributed by atoms with Crippen molar-refractivity contribution >= 4 is 22.4 Å². The summed E-state index contributed by atoms with van der Waals surface area (Å²) in [6, 6.07) is 6.48. The molecule has 0 aliphatic heterocycles. The van der Waals surface area contributed by atoms with Gasteiger partial charge in [0.05, 0.1) is 21.3 Å².